The lowest BCUT2D eigenvalue weighted by atomic mass is 10.0. The molecule has 184 valence electrons. The fraction of sp³-hybridized carbons (Fsp3) is 0.185. The first-order chi connectivity index (χ1) is 17.5. The van der Waals surface area contributed by atoms with Gasteiger partial charge in [-0.1, -0.05) is 65.9 Å². The Bertz CT molecular complexity index is 1350. The summed E-state index contributed by atoms with van der Waals surface area (Å²) in [6, 6.07) is 22.3. The van der Waals surface area contributed by atoms with Crippen molar-refractivity contribution in [2.24, 2.45) is 0 Å². The van der Waals surface area contributed by atoms with Crippen LogP contribution in [0.5, 0.6) is 5.75 Å². The second kappa shape index (κ2) is 11.5. The van der Waals surface area contributed by atoms with Crippen molar-refractivity contribution in [3.63, 3.8) is 0 Å². The summed E-state index contributed by atoms with van der Waals surface area (Å²) in [5.41, 5.74) is 1.67. The van der Waals surface area contributed by atoms with E-state index in [2.05, 4.69) is 15.5 Å². The molecule has 0 bridgehead atoms. The van der Waals surface area contributed by atoms with Gasteiger partial charge in [0.1, 0.15) is 16.6 Å². The molecule has 3 aromatic carbocycles. The molecule has 1 N–H and O–H groups in total. The fourth-order valence-corrected chi connectivity index (χ4v) is 4.48. The molecule has 4 rings (SSSR count). The molecule has 7 nitrogen and oxygen atoms in total. The van der Waals surface area contributed by atoms with Gasteiger partial charge in [0.15, 0.2) is 0 Å². The molecule has 0 spiro atoms. The molecule has 9 heteroatoms. The average Bonchev–Trinajstić information content (AvgIpc) is 3.37. The largest absolute Gasteiger partial charge is 0.497 e. The lowest BCUT2D eigenvalue weighted by molar-refractivity contribution is -0.116. The van der Waals surface area contributed by atoms with Crippen LogP contribution in [0.1, 0.15) is 35.3 Å². The molecule has 0 aliphatic carbocycles. The van der Waals surface area contributed by atoms with Crippen molar-refractivity contribution in [1.29, 1.82) is 0 Å². The third-order valence-corrected chi connectivity index (χ3v) is 6.57. The first-order valence-corrected chi connectivity index (χ1v) is 12.2. The van der Waals surface area contributed by atoms with Crippen LogP contribution < -0.4 is 10.1 Å². The minimum atomic E-state index is -0.601. The van der Waals surface area contributed by atoms with Gasteiger partial charge in [-0.3, -0.25) is 9.59 Å². The second-order valence-corrected chi connectivity index (χ2v) is 8.99. The fourth-order valence-electron chi connectivity index (χ4n) is 3.72. The number of anilines is 1. The molecule has 0 fully saturated rings. The van der Waals surface area contributed by atoms with Gasteiger partial charge in [-0.15, -0.1) is 10.2 Å². The van der Waals surface area contributed by atoms with Gasteiger partial charge in [-0.05, 0) is 36.8 Å². The third-order valence-electron chi connectivity index (χ3n) is 5.68. The zero-order chi connectivity index (χ0) is 25.5. The summed E-state index contributed by atoms with van der Waals surface area (Å²) < 4.78 is 19.6. The number of hydrogen-bond donors (Lipinski definition) is 1. The van der Waals surface area contributed by atoms with Crippen molar-refractivity contribution in [1.82, 2.24) is 15.1 Å². The van der Waals surface area contributed by atoms with E-state index >= 15 is 0 Å². The molecule has 0 saturated heterocycles. The molecule has 0 unspecified atom stereocenters. The molecule has 1 atom stereocenters. The Balaban J connectivity index is 1.46. The molecule has 1 aromatic heterocycles. The Morgan fingerprint density at radius 2 is 1.78 bits per heavy atom. The van der Waals surface area contributed by atoms with Crippen molar-refractivity contribution < 1.29 is 18.7 Å². The van der Waals surface area contributed by atoms with E-state index in [0.717, 1.165) is 11.1 Å². The zero-order valence-electron chi connectivity index (χ0n) is 19.8. The quantitative estimate of drug-likeness (QED) is 0.321. The van der Waals surface area contributed by atoms with Crippen LogP contribution in [0.15, 0.2) is 78.9 Å². The Hall–Kier alpha value is -4.11. The number of methoxy groups -OCH3 is 1. The zero-order valence-corrected chi connectivity index (χ0v) is 20.7. The molecular weight excluding hydrogens is 479 g/mol. The second-order valence-electron chi connectivity index (χ2n) is 8.01. The number of hydrogen-bond acceptors (Lipinski definition) is 6. The summed E-state index contributed by atoms with van der Waals surface area (Å²) in [4.78, 5) is 27.5. The summed E-state index contributed by atoms with van der Waals surface area (Å²) >= 11 is 1.24. The Morgan fingerprint density at radius 1 is 1.03 bits per heavy atom. The molecule has 4 aromatic rings. The van der Waals surface area contributed by atoms with E-state index in [1.165, 1.54) is 34.4 Å². The number of aromatic nitrogens is 2. The van der Waals surface area contributed by atoms with E-state index in [-0.39, 0.29) is 30.5 Å². The van der Waals surface area contributed by atoms with Crippen molar-refractivity contribution in [2.75, 3.05) is 19.0 Å². The molecule has 0 radical (unpaired) electrons. The number of amides is 2. The Labute approximate surface area is 212 Å². The van der Waals surface area contributed by atoms with Crippen LogP contribution in [0.25, 0.3) is 10.6 Å². The average molecular weight is 505 g/mol. The maximum atomic E-state index is 14.4. The predicted molar refractivity (Wildman–Crippen MR) is 137 cm³/mol. The minimum absolute atomic E-state index is 0.00540. The van der Waals surface area contributed by atoms with Crippen LogP contribution in [0.4, 0.5) is 9.52 Å². The number of carbonyl (C=O) groups is 2. The first kappa shape index (κ1) is 25.0. The molecule has 1 heterocycles. The van der Waals surface area contributed by atoms with Crippen LogP contribution in [0, 0.1) is 5.82 Å². The number of nitrogens with one attached hydrogen (secondary N) is 1. The van der Waals surface area contributed by atoms with Gasteiger partial charge in [-0.25, -0.2) is 4.39 Å². The summed E-state index contributed by atoms with van der Waals surface area (Å²) in [5, 5.41) is 11.9. The topological polar surface area (TPSA) is 84.4 Å². The summed E-state index contributed by atoms with van der Waals surface area (Å²) in [5.74, 6) is -0.708. The molecule has 0 saturated carbocycles. The molecule has 0 aliphatic heterocycles. The number of halogens is 1. The Kier molecular flexibility index (Phi) is 8.02. The van der Waals surface area contributed by atoms with Crippen LogP contribution in [-0.4, -0.2) is 40.6 Å². The van der Waals surface area contributed by atoms with Gasteiger partial charge in [0.05, 0.1) is 18.7 Å². The number of ether oxygens (including phenoxy) is 1. The van der Waals surface area contributed by atoms with Gasteiger partial charge in [0.25, 0.3) is 5.91 Å². The molecular formula is C27H25FN4O3S. The Morgan fingerprint density at radius 3 is 2.53 bits per heavy atom. The minimum Gasteiger partial charge on any atom is -0.497 e. The number of carbonyl (C=O) groups excluding carboxylic acids is 2. The normalized spacial score (nSPS) is 11.5. The van der Waals surface area contributed by atoms with Gasteiger partial charge < -0.3 is 15.0 Å². The van der Waals surface area contributed by atoms with Crippen LogP contribution in [-0.2, 0) is 4.79 Å². The number of rotatable bonds is 9. The number of nitrogens with zero attached hydrogens (tertiary/aromatic N) is 3. The molecule has 2 amide bonds. The van der Waals surface area contributed by atoms with E-state index in [9.17, 15) is 14.0 Å². The van der Waals surface area contributed by atoms with E-state index in [1.807, 2.05) is 61.5 Å². The third kappa shape index (κ3) is 5.92. The smallest absolute Gasteiger partial charge is 0.257 e. The molecule has 36 heavy (non-hydrogen) atoms. The summed E-state index contributed by atoms with van der Waals surface area (Å²) in [6.07, 6.45) is 0.00540. The summed E-state index contributed by atoms with van der Waals surface area (Å²) in [7, 11) is 1.59. The van der Waals surface area contributed by atoms with Crippen molar-refractivity contribution in [2.45, 2.75) is 19.4 Å². The van der Waals surface area contributed by atoms with Gasteiger partial charge in [-0.2, -0.15) is 0 Å². The predicted octanol–water partition coefficient (Wildman–Crippen LogP) is 5.59. The first-order valence-electron chi connectivity index (χ1n) is 11.3. The highest BCUT2D eigenvalue weighted by Gasteiger charge is 2.25. The lowest BCUT2D eigenvalue weighted by Gasteiger charge is -2.30. The van der Waals surface area contributed by atoms with Crippen molar-refractivity contribution in [3.05, 3.63) is 95.8 Å². The maximum absolute atomic E-state index is 14.4. The highest BCUT2D eigenvalue weighted by molar-refractivity contribution is 7.18. The van der Waals surface area contributed by atoms with E-state index < -0.39 is 11.7 Å². The lowest BCUT2D eigenvalue weighted by Crippen LogP contribution is -2.36. The summed E-state index contributed by atoms with van der Waals surface area (Å²) in [6.45, 7) is 1.95. The van der Waals surface area contributed by atoms with Gasteiger partial charge in [0.2, 0.25) is 11.0 Å². The van der Waals surface area contributed by atoms with E-state index in [0.29, 0.717) is 15.9 Å². The van der Waals surface area contributed by atoms with Crippen molar-refractivity contribution in [3.8, 4) is 16.3 Å². The standard InChI is InChI=1S/C27H25FN4O3S/c1-18(19-9-4-3-5-10-19)32(26(34)22-13-6-7-14-23(22)28)16-15-24(33)29-27-31-30-25(36-27)20-11-8-12-21(17-20)35-2/h3-14,17-18H,15-16H2,1-2H3,(H,29,31,33)/t18-/m0/s1. The van der Waals surface area contributed by atoms with Gasteiger partial charge >= 0.3 is 0 Å². The monoisotopic (exact) mass is 504 g/mol. The van der Waals surface area contributed by atoms with Crippen LogP contribution in [0.2, 0.25) is 0 Å². The van der Waals surface area contributed by atoms with Gasteiger partial charge in [0, 0.05) is 18.5 Å². The van der Waals surface area contributed by atoms with Crippen LogP contribution in [0.3, 0.4) is 0 Å². The molecule has 0 aliphatic rings. The van der Waals surface area contributed by atoms with Crippen molar-refractivity contribution >= 4 is 28.3 Å². The van der Waals surface area contributed by atoms with E-state index in [1.54, 1.807) is 13.2 Å². The van der Waals surface area contributed by atoms with E-state index in [4.69, 9.17) is 4.74 Å². The highest BCUT2D eigenvalue weighted by Crippen LogP contribution is 2.29. The number of benzene rings is 3. The van der Waals surface area contributed by atoms with Crippen LogP contribution >= 0.6 is 11.3 Å². The SMILES string of the molecule is COc1cccc(-c2nnc(NC(=O)CCN(C(=O)c3ccccc3F)[C@@H](C)c3ccccc3)s2)c1. The maximum Gasteiger partial charge on any atom is 0.257 e. The highest BCUT2D eigenvalue weighted by atomic mass is 32.1.